The third-order valence-corrected chi connectivity index (χ3v) is 5.41. The van der Waals surface area contributed by atoms with Crippen molar-refractivity contribution in [1.29, 1.82) is 0 Å². The molecule has 3 unspecified atom stereocenters. The molecule has 1 aliphatic heterocycles. The first-order valence-electron chi connectivity index (χ1n) is 8.80. The SMILES string of the molecule is C/C=C\C(=C/C)C1NCCC2CC2C2=C(CCCC2)CN1. The highest BCUT2D eigenvalue weighted by molar-refractivity contribution is 5.28. The summed E-state index contributed by atoms with van der Waals surface area (Å²) in [6.07, 6.45) is 15.2. The first-order chi connectivity index (χ1) is 10.3. The van der Waals surface area contributed by atoms with Crippen LogP contribution in [0.2, 0.25) is 0 Å². The highest BCUT2D eigenvalue weighted by atomic mass is 15.1. The Morgan fingerprint density at radius 2 is 2.00 bits per heavy atom. The summed E-state index contributed by atoms with van der Waals surface area (Å²) >= 11 is 0. The fourth-order valence-electron chi connectivity index (χ4n) is 4.13. The summed E-state index contributed by atoms with van der Waals surface area (Å²) in [4.78, 5) is 0. The molecule has 2 N–H and O–H groups in total. The van der Waals surface area contributed by atoms with E-state index in [1.807, 2.05) is 5.57 Å². The summed E-state index contributed by atoms with van der Waals surface area (Å²) < 4.78 is 0. The molecule has 2 aliphatic carbocycles. The maximum Gasteiger partial charge on any atom is 0.0834 e. The van der Waals surface area contributed by atoms with Crippen molar-refractivity contribution in [1.82, 2.24) is 10.6 Å². The zero-order valence-corrected chi connectivity index (χ0v) is 13.6. The van der Waals surface area contributed by atoms with E-state index in [4.69, 9.17) is 0 Å². The van der Waals surface area contributed by atoms with Gasteiger partial charge in [-0.05, 0) is 76.3 Å². The standard InChI is InChI=1S/C19H30N2/c1-3-7-14(4-2)19-20-11-10-15-12-18(15)17-9-6-5-8-16(17)13-21-19/h3-4,7,15,18-21H,5-6,8-13H2,1-2H3/b7-3-,14-4+. The minimum Gasteiger partial charge on any atom is -0.298 e. The Hall–Kier alpha value is -0.860. The number of nitrogens with one attached hydrogen (secondary N) is 2. The Labute approximate surface area is 129 Å². The van der Waals surface area contributed by atoms with Gasteiger partial charge in [0.15, 0.2) is 0 Å². The van der Waals surface area contributed by atoms with E-state index < -0.39 is 0 Å². The molecule has 3 atom stereocenters. The first kappa shape index (κ1) is 15.1. The van der Waals surface area contributed by atoms with Gasteiger partial charge in [0.05, 0.1) is 6.17 Å². The summed E-state index contributed by atoms with van der Waals surface area (Å²) in [5.41, 5.74) is 4.94. The van der Waals surface area contributed by atoms with Crippen LogP contribution >= 0.6 is 0 Å². The molecule has 0 aromatic heterocycles. The zero-order valence-electron chi connectivity index (χ0n) is 13.6. The number of hydrogen-bond donors (Lipinski definition) is 2. The van der Waals surface area contributed by atoms with Gasteiger partial charge in [-0.2, -0.15) is 0 Å². The van der Waals surface area contributed by atoms with E-state index in [9.17, 15) is 0 Å². The maximum atomic E-state index is 3.77. The van der Waals surface area contributed by atoms with Gasteiger partial charge in [-0.1, -0.05) is 29.4 Å². The van der Waals surface area contributed by atoms with Crippen molar-refractivity contribution >= 4 is 0 Å². The normalized spacial score (nSPS) is 34.6. The molecule has 21 heavy (non-hydrogen) atoms. The highest BCUT2D eigenvalue weighted by Crippen LogP contribution is 2.50. The van der Waals surface area contributed by atoms with Gasteiger partial charge < -0.3 is 0 Å². The lowest BCUT2D eigenvalue weighted by atomic mass is 9.87. The van der Waals surface area contributed by atoms with E-state index in [2.05, 4.69) is 42.7 Å². The van der Waals surface area contributed by atoms with Crippen LogP contribution in [0.25, 0.3) is 0 Å². The second-order valence-electron chi connectivity index (χ2n) is 6.78. The van der Waals surface area contributed by atoms with Crippen molar-refractivity contribution < 1.29 is 0 Å². The highest BCUT2D eigenvalue weighted by Gasteiger charge is 2.40. The van der Waals surface area contributed by atoms with E-state index >= 15 is 0 Å². The van der Waals surface area contributed by atoms with Crippen LogP contribution in [-0.4, -0.2) is 19.3 Å². The lowest BCUT2D eigenvalue weighted by molar-refractivity contribution is 0.456. The summed E-state index contributed by atoms with van der Waals surface area (Å²) in [5.74, 6) is 1.91. The quantitative estimate of drug-likeness (QED) is 0.594. The van der Waals surface area contributed by atoms with Crippen LogP contribution in [0.1, 0.15) is 52.4 Å². The van der Waals surface area contributed by atoms with Crippen LogP contribution in [0.4, 0.5) is 0 Å². The van der Waals surface area contributed by atoms with E-state index in [0.29, 0.717) is 6.17 Å². The molecule has 0 spiro atoms. The lowest BCUT2D eigenvalue weighted by Crippen LogP contribution is -2.45. The fourth-order valence-corrected chi connectivity index (χ4v) is 4.13. The molecule has 0 radical (unpaired) electrons. The average molecular weight is 286 g/mol. The topological polar surface area (TPSA) is 24.1 Å². The number of rotatable bonds is 2. The first-order valence-corrected chi connectivity index (χ1v) is 8.80. The second-order valence-corrected chi connectivity index (χ2v) is 6.78. The van der Waals surface area contributed by atoms with Crippen LogP contribution in [0.5, 0.6) is 0 Å². The Balaban J connectivity index is 1.76. The molecule has 1 fully saturated rings. The van der Waals surface area contributed by atoms with Crippen LogP contribution in [-0.2, 0) is 0 Å². The van der Waals surface area contributed by atoms with Gasteiger partial charge in [0.2, 0.25) is 0 Å². The molecule has 116 valence electrons. The van der Waals surface area contributed by atoms with Crippen molar-refractivity contribution in [3.8, 4) is 0 Å². The second kappa shape index (κ2) is 6.93. The molecule has 1 heterocycles. The van der Waals surface area contributed by atoms with E-state index in [0.717, 1.165) is 24.9 Å². The van der Waals surface area contributed by atoms with Gasteiger partial charge >= 0.3 is 0 Å². The molecular formula is C19H30N2. The third kappa shape index (κ3) is 3.49. The van der Waals surface area contributed by atoms with E-state index in [-0.39, 0.29) is 0 Å². The summed E-state index contributed by atoms with van der Waals surface area (Å²) in [6.45, 7) is 6.45. The average Bonchev–Trinajstić information content (AvgIpc) is 3.28. The van der Waals surface area contributed by atoms with Crippen LogP contribution in [0.15, 0.2) is 34.9 Å². The zero-order chi connectivity index (χ0) is 14.7. The predicted molar refractivity (Wildman–Crippen MR) is 90.1 cm³/mol. The fraction of sp³-hybridized carbons (Fsp3) is 0.684. The minimum absolute atomic E-state index is 0.303. The van der Waals surface area contributed by atoms with Gasteiger partial charge in [0, 0.05) is 6.54 Å². The monoisotopic (exact) mass is 286 g/mol. The van der Waals surface area contributed by atoms with Gasteiger partial charge in [0.1, 0.15) is 0 Å². The number of hydrogen-bond acceptors (Lipinski definition) is 2. The molecule has 2 nitrogen and oxygen atoms in total. The minimum atomic E-state index is 0.303. The summed E-state index contributed by atoms with van der Waals surface area (Å²) in [7, 11) is 0. The van der Waals surface area contributed by atoms with Crippen LogP contribution in [0.3, 0.4) is 0 Å². The molecule has 0 bridgehead atoms. The molecule has 0 amide bonds. The Bertz CT molecular complexity index is 458. The van der Waals surface area contributed by atoms with Crippen LogP contribution < -0.4 is 10.6 Å². The van der Waals surface area contributed by atoms with Crippen molar-refractivity contribution in [2.45, 2.75) is 58.5 Å². The van der Waals surface area contributed by atoms with Crippen molar-refractivity contribution in [2.24, 2.45) is 11.8 Å². The number of fused-ring (bicyclic) bond motifs is 2. The Morgan fingerprint density at radius 1 is 1.14 bits per heavy atom. The van der Waals surface area contributed by atoms with Gasteiger partial charge in [-0.3, -0.25) is 10.6 Å². The van der Waals surface area contributed by atoms with Crippen molar-refractivity contribution in [3.05, 3.63) is 34.9 Å². The van der Waals surface area contributed by atoms with E-state index in [1.54, 1.807) is 5.57 Å². The van der Waals surface area contributed by atoms with Crippen molar-refractivity contribution in [3.63, 3.8) is 0 Å². The van der Waals surface area contributed by atoms with Crippen molar-refractivity contribution in [2.75, 3.05) is 13.1 Å². The van der Waals surface area contributed by atoms with Gasteiger partial charge in [-0.15, -0.1) is 0 Å². The third-order valence-electron chi connectivity index (χ3n) is 5.41. The maximum absolute atomic E-state index is 3.77. The smallest absolute Gasteiger partial charge is 0.0834 e. The molecule has 0 saturated heterocycles. The molecule has 0 aromatic carbocycles. The summed E-state index contributed by atoms with van der Waals surface area (Å²) in [6, 6.07) is 0. The predicted octanol–water partition coefficient (Wildman–Crippen LogP) is 3.92. The van der Waals surface area contributed by atoms with Gasteiger partial charge in [-0.25, -0.2) is 0 Å². The Kier molecular flexibility index (Phi) is 4.97. The molecule has 2 heteroatoms. The number of allylic oxidation sites excluding steroid dienone is 3. The largest absolute Gasteiger partial charge is 0.298 e. The molecule has 1 saturated carbocycles. The Morgan fingerprint density at radius 3 is 2.81 bits per heavy atom. The summed E-state index contributed by atoms with van der Waals surface area (Å²) in [5, 5.41) is 7.50. The molecular weight excluding hydrogens is 256 g/mol. The molecule has 0 aromatic rings. The van der Waals surface area contributed by atoms with E-state index in [1.165, 1.54) is 44.1 Å². The van der Waals surface area contributed by atoms with Gasteiger partial charge in [0.25, 0.3) is 0 Å². The lowest BCUT2D eigenvalue weighted by Gasteiger charge is -2.27. The molecule has 3 aliphatic rings. The van der Waals surface area contributed by atoms with Crippen LogP contribution in [0, 0.1) is 11.8 Å². The molecule has 3 rings (SSSR count).